The van der Waals surface area contributed by atoms with Crippen LogP contribution in [0.25, 0.3) is 0 Å². The number of aromatic nitrogens is 1. The molecule has 0 saturated carbocycles. The number of aliphatic imine (C=N–C) groups is 1. The molecule has 1 aliphatic heterocycles. The molecule has 2 heterocycles. The number of aryl methyl sites for hydroxylation is 2. The zero-order valence-corrected chi connectivity index (χ0v) is 16.6. The standard InChI is InChI=1S/C18H32N4O2S/c1-4-19-18(21-10-8-17-22-14(2)15(3)25-17)20-9-6-11-23-13-16-7-5-12-24-16/h16H,4-13H2,1-3H3,(H2,19,20,21). The van der Waals surface area contributed by atoms with Crippen molar-refractivity contribution in [2.24, 2.45) is 4.99 Å². The fraction of sp³-hybridized carbons (Fsp3) is 0.778. The van der Waals surface area contributed by atoms with Gasteiger partial charge in [-0.15, -0.1) is 11.3 Å². The summed E-state index contributed by atoms with van der Waals surface area (Å²) < 4.78 is 11.2. The maximum Gasteiger partial charge on any atom is 0.191 e. The lowest BCUT2D eigenvalue weighted by atomic mass is 10.2. The number of thiazole rings is 1. The number of rotatable bonds is 10. The highest BCUT2D eigenvalue weighted by Crippen LogP contribution is 2.16. The van der Waals surface area contributed by atoms with E-state index in [9.17, 15) is 0 Å². The minimum Gasteiger partial charge on any atom is -0.379 e. The van der Waals surface area contributed by atoms with Gasteiger partial charge in [0.25, 0.3) is 0 Å². The van der Waals surface area contributed by atoms with Crippen molar-refractivity contribution in [2.75, 3.05) is 39.5 Å². The van der Waals surface area contributed by atoms with Crippen molar-refractivity contribution in [3.8, 4) is 0 Å². The molecule has 2 N–H and O–H groups in total. The lowest BCUT2D eigenvalue weighted by Gasteiger charge is -2.11. The van der Waals surface area contributed by atoms with E-state index in [1.54, 1.807) is 11.3 Å². The van der Waals surface area contributed by atoms with E-state index < -0.39 is 0 Å². The van der Waals surface area contributed by atoms with Crippen LogP contribution < -0.4 is 10.6 Å². The smallest absolute Gasteiger partial charge is 0.191 e. The van der Waals surface area contributed by atoms with Gasteiger partial charge in [-0.1, -0.05) is 0 Å². The Bertz CT molecular complexity index is 508. The Morgan fingerprint density at radius 1 is 1.40 bits per heavy atom. The van der Waals surface area contributed by atoms with E-state index in [0.29, 0.717) is 12.7 Å². The average molecular weight is 369 g/mol. The molecule has 1 unspecified atom stereocenters. The van der Waals surface area contributed by atoms with Crippen molar-refractivity contribution in [1.29, 1.82) is 0 Å². The number of guanidine groups is 1. The van der Waals surface area contributed by atoms with Gasteiger partial charge in [0, 0.05) is 44.1 Å². The van der Waals surface area contributed by atoms with Crippen LogP contribution in [0.1, 0.15) is 41.8 Å². The van der Waals surface area contributed by atoms with E-state index in [1.165, 1.54) is 9.88 Å². The molecule has 0 bridgehead atoms. The van der Waals surface area contributed by atoms with Crippen LogP contribution in [0.15, 0.2) is 4.99 Å². The predicted octanol–water partition coefficient (Wildman–Crippen LogP) is 2.44. The molecule has 1 aromatic heterocycles. The third-order valence-electron chi connectivity index (χ3n) is 4.09. The molecular weight excluding hydrogens is 336 g/mol. The van der Waals surface area contributed by atoms with Crippen LogP contribution in [0.2, 0.25) is 0 Å². The van der Waals surface area contributed by atoms with E-state index in [2.05, 4.69) is 41.4 Å². The topological polar surface area (TPSA) is 67.8 Å². The van der Waals surface area contributed by atoms with Gasteiger partial charge in [0.2, 0.25) is 0 Å². The quantitative estimate of drug-likeness (QED) is 0.377. The molecule has 1 aromatic rings. The van der Waals surface area contributed by atoms with Crippen LogP contribution in [0.4, 0.5) is 0 Å². The maximum absolute atomic E-state index is 5.67. The Morgan fingerprint density at radius 2 is 2.28 bits per heavy atom. The Kier molecular flexibility index (Phi) is 9.21. The largest absolute Gasteiger partial charge is 0.379 e. The summed E-state index contributed by atoms with van der Waals surface area (Å²) in [7, 11) is 0. The Morgan fingerprint density at radius 3 is 2.96 bits per heavy atom. The van der Waals surface area contributed by atoms with Crippen molar-refractivity contribution in [2.45, 2.75) is 52.6 Å². The van der Waals surface area contributed by atoms with Crippen LogP contribution in [0.5, 0.6) is 0 Å². The maximum atomic E-state index is 5.67. The summed E-state index contributed by atoms with van der Waals surface area (Å²) in [6.07, 6.45) is 4.45. The number of hydrogen-bond donors (Lipinski definition) is 2. The van der Waals surface area contributed by atoms with Gasteiger partial charge in [-0.25, -0.2) is 4.98 Å². The molecule has 0 spiro atoms. The van der Waals surface area contributed by atoms with Crippen molar-refractivity contribution in [3.05, 3.63) is 15.6 Å². The summed E-state index contributed by atoms with van der Waals surface area (Å²) in [6.45, 7) is 11.1. The first-order chi connectivity index (χ1) is 12.2. The lowest BCUT2D eigenvalue weighted by molar-refractivity contribution is 0.0171. The minimum absolute atomic E-state index is 0.306. The molecule has 0 aliphatic carbocycles. The molecule has 1 saturated heterocycles. The number of ether oxygens (including phenoxy) is 2. The second-order valence-corrected chi connectivity index (χ2v) is 7.54. The van der Waals surface area contributed by atoms with E-state index in [4.69, 9.17) is 9.47 Å². The third-order valence-corrected chi connectivity index (χ3v) is 5.23. The van der Waals surface area contributed by atoms with Crippen molar-refractivity contribution >= 4 is 17.3 Å². The van der Waals surface area contributed by atoms with Gasteiger partial charge in [-0.3, -0.25) is 4.99 Å². The van der Waals surface area contributed by atoms with Crippen molar-refractivity contribution in [1.82, 2.24) is 15.6 Å². The average Bonchev–Trinajstić information content (AvgIpc) is 3.21. The van der Waals surface area contributed by atoms with Gasteiger partial charge < -0.3 is 20.1 Å². The third kappa shape index (κ3) is 7.71. The van der Waals surface area contributed by atoms with Gasteiger partial charge in [-0.2, -0.15) is 0 Å². The first-order valence-electron chi connectivity index (χ1n) is 9.33. The molecule has 0 radical (unpaired) electrons. The van der Waals surface area contributed by atoms with Gasteiger partial charge in [0.1, 0.15) is 0 Å². The number of nitrogens with zero attached hydrogens (tertiary/aromatic N) is 2. The monoisotopic (exact) mass is 368 g/mol. The SMILES string of the molecule is CCNC(=NCCCOCC1CCCO1)NCCc1nc(C)c(C)s1. The van der Waals surface area contributed by atoms with Gasteiger partial charge in [0.15, 0.2) is 5.96 Å². The Labute approximate surface area is 155 Å². The zero-order chi connectivity index (χ0) is 17.9. The first-order valence-corrected chi connectivity index (χ1v) is 10.1. The van der Waals surface area contributed by atoms with E-state index in [0.717, 1.165) is 70.2 Å². The second-order valence-electron chi connectivity index (χ2n) is 6.25. The van der Waals surface area contributed by atoms with Crippen LogP contribution in [0, 0.1) is 13.8 Å². The van der Waals surface area contributed by atoms with Crippen LogP contribution >= 0.6 is 11.3 Å². The fourth-order valence-electron chi connectivity index (χ4n) is 2.62. The molecule has 142 valence electrons. The first kappa shape index (κ1) is 20.1. The van der Waals surface area contributed by atoms with Crippen molar-refractivity contribution < 1.29 is 9.47 Å². The highest BCUT2D eigenvalue weighted by Gasteiger charge is 2.14. The van der Waals surface area contributed by atoms with Crippen molar-refractivity contribution in [3.63, 3.8) is 0 Å². The summed E-state index contributed by atoms with van der Waals surface area (Å²) in [5, 5.41) is 7.84. The highest BCUT2D eigenvalue weighted by molar-refractivity contribution is 7.11. The molecule has 1 atom stereocenters. The molecule has 0 aromatic carbocycles. The highest BCUT2D eigenvalue weighted by atomic mass is 32.1. The molecular formula is C18H32N4O2S. The molecule has 0 amide bonds. The minimum atomic E-state index is 0.306. The summed E-state index contributed by atoms with van der Waals surface area (Å²) in [6, 6.07) is 0. The van der Waals surface area contributed by atoms with Gasteiger partial charge in [-0.05, 0) is 40.0 Å². The molecule has 6 nitrogen and oxygen atoms in total. The van der Waals surface area contributed by atoms with Crippen LogP contribution in [0.3, 0.4) is 0 Å². The van der Waals surface area contributed by atoms with Crippen LogP contribution in [-0.4, -0.2) is 56.5 Å². The predicted molar refractivity (Wildman–Crippen MR) is 104 cm³/mol. The number of hydrogen-bond acceptors (Lipinski definition) is 5. The lowest BCUT2D eigenvalue weighted by Crippen LogP contribution is -2.38. The van der Waals surface area contributed by atoms with E-state index in [-0.39, 0.29) is 0 Å². The Balaban J connectivity index is 1.60. The Hall–Kier alpha value is -1.18. The van der Waals surface area contributed by atoms with E-state index >= 15 is 0 Å². The van der Waals surface area contributed by atoms with E-state index in [1.807, 2.05) is 0 Å². The molecule has 1 fully saturated rings. The normalized spacial score (nSPS) is 17.9. The number of nitrogens with one attached hydrogen (secondary N) is 2. The summed E-state index contributed by atoms with van der Waals surface area (Å²) in [5.41, 5.74) is 1.14. The summed E-state index contributed by atoms with van der Waals surface area (Å²) in [5.74, 6) is 0.867. The van der Waals surface area contributed by atoms with Crippen LogP contribution in [-0.2, 0) is 15.9 Å². The van der Waals surface area contributed by atoms with Gasteiger partial charge >= 0.3 is 0 Å². The zero-order valence-electron chi connectivity index (χ0n) is 15.8. The molecule has 7 heteroatoms. The fourth-order valence-corrected chi connectivity index (χ4v) is 3.56. The summed E-state index contributed by atoms with van der Waals surface area (Å²) >= 11 is 1.78. The summed E-state index contributed by atoms with van der Waals surface area (Å²) in [4.78, 5) is 10.5. The molecule has 25 heavy (non-hydrogen) atoms. The molecule has 1 aliphatic rings. The molecule has 2 rings (SSSR count). The second kappa shape index (κ2) is 11.4. The van der Waals surface area contributed by atoms with Gasteiger partial charge in [0.05, 0.1) is 23.4 Å².